The van der Waals surface area contributed by atoms with Crippen molar-refractivity contribution in [2.45, 2.75) is 36.0 Å². The molecule has 2 aromatic rings. The maximum atomic E-state index is 13.2. The summed E-state index contributed by atoms with van der Waals surface area (Å²) < 4.78 is 1.51. The summed E-state index contributed by atoms with van der Waals surface area (Å²) in [5, 5.41) is 28.8. The molecule has 224 valence electrons. The molecule has 0 saturated carbocycles. The van der Waals surface area contributed by atoms with Crippen molar-refractivity contribution < 1.29 is 38.8 Å². The molecule has 1 saturated heterocycles. The van der Waals surface area contributed by atoms with E-state index in [1.54, 1.807) is 7.05 Å². The van der Waals surface area contributed by atoms with E-state index in [1.165, 1.54) is 35.6 Å². The third-order valence-electron chi connectivity index (χ3n) is 6.18. The van der Waals surface area contributed by atoms with Gasteiger partial charge in [0.1, 0.15) is 17.1 Å². The van der Waals surface area contributed by atoms with Crippen LogP contribution in [0.25, 0.3) is 0 Å². The summed E-state index contributed by atoms with van der Waals surface area (Å²) in [4.78, 5) is 64.2. The number of hydrogen-bond acceptors (Lipinski definition) is 16. The molecule has 1 unspecified atom stereocenters. The zero-order chi connectivity index (χ0) is 31.1. The molecule has 0 radical (unpaired) electrons. The number of carbonyl (C=O) groups excluding carboxylic acids is 3. The Labute approximate surface area is 250 Å². The summed E-state index contributed by atoms with van der Waals surface area (Å²) in [6.45, 7) is 2.46. The standard InChI is InChI=1S/C22H26N10O7S3/c1-22(2,19(37)38)39-30-10(8-6-41-20(26)27-8)15(33)28-11-16(34)32-12(18(35)36)7(4-40-17(11)32)5-42-21-29-13(24)9(23)14(25)31(21)3/h6,11,17H,4-5H2,1-3H3,(H10,23,24,25,26,27,28,30,33,35,36,37,38)/t11?,17-/m1/s1. The predicted molar refractivity (Wildman–Crippen MR) is 152 cm³/mol. The Kier molecular flexibility index (Phi) is 8.41. The molecule has 0 aliphatic carbocycles. The van der Waals surface area contributed by atoms with Gasteiger partial charge in [-0.1, -0.05) is 10.1 Å². The first kappa shape index (κ1) is 30.7. The van der Waals surface area contributed by atoms with Crippen molar-refractivity contribution in [3.63, 3.8) is 0 Å². The number of aromatic nitrogens is 3. The molecule has 17 nitrogen and oxygen atoms in total. The van der Waals surface area contributed by atoms with Gasteiger partial charge in [0.25, 0.3) is 11.8 Å². The van der Waals surface area contributed by atoms with Gasteiger partial charge in [-0.3, -0.25) is 14.5 Å². The van der Waals surface area contributed by atoms with Crippen molar-refractivity contribution in [2.24, 2.45) is 12.2 Å². The number of nitrogens with zero attached hydrogens (tertiary/aromatic N) is 5. The molecule has 2 aromatic heterocycles. The highest BCUT2D eigenvalue weighted by Crippen LogP contribution is 2.41. The number of nitrogen functional groups attached to an aromatic ring is 4. The second-order valence-electron chi connectivity index (χ2n) is 9.44. The van der Waals surface area contributed by atoms with E-state index in [0.717, 1.165) is 28.0 Å². The summed E-state index contributed by atoms with van der Waals surface area (Å²) in [5.41, 5.74) is 21.2. The predicted octanol–water partition coefficient (Wildman–Crippen LogP) is -2.53. The first-order valence-electron chi connectivity index (χ1n) is 11.9. The van der Waals surface area contributed by atoms with Crippen LogP contribution in [0, 0.1) is 0 Å². The van der Waals surface area contributed by atoms with Gasteiger partial charge in [-0.2, -0.15) is 0 Å². The van der Waals surface area contributed by atoms with Gasteiger partial charge in [0.15, 0.2) is 16.5 Å². The number of thiazole rings is 1. The highest BCUT2D eigenvalue weighted by molar-refractivity contribution is 8.01. The third kappa shape index (κ3) is 5.72. The Morgan fingerprint density at radius 3 is 2.60 bits per heavy atom. The van der Waals surface area contributed by atoms with Gasteiger partial charge in [0, 0.05) is 16.9 Å². The number of carboxylic acids is 2. The minimum atomic E-state index is -1.78. The van der Waals surface area contributed by atoms with Crippen molar-refractivity contribution in [3.8, 4) is 0 Å². The van der Waals surface area contributed by atoms with Crippen LogP contribution in [0.1, 0.15) is 19.5 Å². The normalized spacial score (nSPS) is 18.8. The number of nitrogens with two attached hydrogens (primary N) is 4. The largest absolute Gasteiger partial charge is 0.543 e. The minimum Gasteiger partial charge on any atom is -0.543 e. The molecular weight excluding hydrogens is 613 g/mol. The number of thioether (sulfide) groups is 2. The molecule has 10 N–H and O–H groups in total. The van der Waals surface area contributed by atoms with Crippen molar-refractivity contribution >= 4 is 86.8 Å². The Morgan fingerprint density at radius 1 is 1.31 bits per heavy atom. The van der Waals surface area contributed by atoms with Gasteiger partial charge in [0.05, 0.1) is 18.7 Å². The number of rotatable bonds is 10. The van der Waals surface area contributed by atoms with Crippen LogP contribution in [0.4, 0.5) is 22.5 Å². The fourth-order valence-corrected chi connectivity index (χ4v) is 6.75. The number of amides is 2. The summed E-state index contributed by atoms with van der Waals surface area (Å²) in [6, 6.07) is -1.13. The van der Waals surface area contributed by atoms with Gasteiger partial charge in [-0.15, -0.1) is 23.1 Å². The van der Waals surface area contributed by atoms with Gasteiger partial charge in [0.2, 0.25) is 17.2 Å². The number of anilines is 4. The second kappa shape index (κ2) is 11.5. The summed E-state index contributed by atoms with van der Waals surface area (Å²) >= 11 is 3.37. The van der Waals surface area contributed by atoms with Gasteiger partial charge < -0.3 is 48.1 Å². The van der Waals surface area contributed by atoms with Crippen molar-refractivity contribution in [1.29, 1.82) is 0 Å². The summed E-state index contributed by atoms with van der Waals surface area (Å²) in [7, 11) is 1.62. The van der Waals surface area contributed by atoms with Crippen LogP contribution in [0.15, 0.2) is 27.0 Å². The molecule has 4 rings (SSSR count). The van der Waals surface area contributed by atoms with E-state index in [9.17, 15) is 29.4 Å². The van der Waals surface area contributed by atoms with Crippen molar-refractivity contribution in [2.75, 3.05) is 34.4 Å². The molecule has 2 aliphatic rings. The number of β-lactam (4-membered cyclic amide) rings is 1. The van der Waals surface area contributed by atoms with Crippen LogP contribution in [-0.4, -0.2) is 78.0 Å². The molecule has 0 aromatic carbocycles. The highest BCUT2D eigenvalue weighted by Gasteiger charge is 2.53. The quantitative estimate of drug-likeness (QED) is 0.0391. The van der Waals surface area contributed by atoms with E-state index in [2.05, 4.69) is 20.4 Å². The number of hydrogen-bond donors (Lipinski definition) is 6. The average Bonchev–Trinajstić information content (AvgIpc) is 3.36. The summed E-state index contributed by atoms with van der Waals surface area (Å²) in [5.74, 6) is -3.98. The van der Waals surface area contributed by atoms with E-state index in [-0.39, 0.29) is 45.4 Å². The lowest BCUT2D eigenvalue weighted by molar-refractivity contribution is -0.698. The Bertz CT molecular complexity index is 1560. The van der Waals surface area contributed by atoms with Gasteiger partial charge in [-0.25, -0.2) is 14.3 Å². The van der Waals surface area contributed by atoms with E-state index in [0.29, 0.717) is 10.7 Å². The van der Waals surface area contributed by atoms with E-state index >= 15 is 0 Å². The Balaban J connectivity index is 1.54. The van der Waals surface area contributed by atoms with Gasteiger partial charge >= 0.3 is 11.1 Å². The maximum Gasteiger partial charge on any atom is 0.350 e. The van der Waals surface area contributed by atoms with Crippen LogP contribution in [0.3, 0.4) is 0 Å². The molecule has 1 fully saturated rings. The number of nitrogens with one attached hydrogen (secondary N) is 1. The fourth-order valence-electron chi connectivity index (χ4n) is 3.73. The van der Waals surface area contributed by atoms with E-state index < -0.39 is 46.5 Å². The highest BCUT2D eigenvalue weighted by atomic mass is 32.2. The van der Waals surface area contributed by atoms with Crippen LogP contribution in [0.5, 0.6) is 0 Å². The lowest BCUT2D eigenvalue weighted by atomic mass is 10.0. The molecule has 42 heavy (non-hydrogen) atoms. The van der Waals surface area contributed by atoms with Gasteiger partial charge in [-0.05, 0) is 31.2 Å². The summed E-state index contributed by atoms with van der Waals surface area (Å²) in [6.07, 6.45) is 0. The van der Waals surface area contributed by atoms with Crippen LogP contribution in [-0.2, 0) is 31.1 Å². The lowest BCUT2D eigenvalue weighted by Gasteiger charge is -2.50. The molecule has 2 atom stereocenters. The smallest absolute Gasteiger partial charge is 0.350 e. The zero-order valence-corrected chi connectivity index (χ0v) is 24.8. The van der Waals surface area contributed by atoms with E-state index in [1.807, 2.05) is 0 Å². The Morgan fingerprint density at radius 2 is 2.00 bits per heavy atom. The zero-order valence-electron chi connectivity index (χ0n) is 22.3. The average molecular weight is 639 g/mol. The Hall–Kier alpha value is -4.30. The molecule has 20 heteroatoms. The number of carbonyl (C=O) groups is 4. The SMILES string of the molecule is C[n+]1c(SCC2=C(C(=O)[O-])N3C(=O)C(NC(=O)/C(=N\OC(C)(C)C(=O)O)c4csc(N)n4)[C@H]3SC2)nc(N)c(N)c1N. The number of carboxylic acid groups (broad SMARTS) is 2. The van der Waals surface area contributed by atoms with Crippen LogP contribution < -0.4 is 37.9 Å². The second-order valence-corrected chi connectivity index (χ2v) is 12.4. The lowest BCUT2D eigenvalue weighted by Crippen LogP contribution is -2.71. The van der Waals surface area contributed by atoms with Crippen molar-refractivity contribution in [1.82, 2.24) is 20.2 Å². The van der Waals surface area contributed by atoms with E-state index in [4.69, 9.17) is 27.8 Å². The molecule has 0 spiro atoms. The topological polar surface area (TPSA) is 282 Å². The van der Waals surface area contributed by atoms with Crippen molar-refractivity contribution in [3.05, 3.63) is 22.3 Å². The van der Waals surface area contributed by atoms with Crippen LogP contribution >= 0.6 is 34.9 Å². The molecule has 0 bridgehead atoms. The fraction of sp³-hybridized carbons (Fsp3) is 0.364. The monoisotopic (exact) mass is 638 g/mol. The maximum absolute atomic E-state index is 13.2. The molecule has 2 aliphatic heterocycles. The molecule has 2 amide bonds. The third-order valence-corrected chi connectivity index (χ3v) is 9.31. The first-order valence-corrected chi connectivity index (χ1v) is 14.8. The number of oxime groups is 1. The molecule has 4 heterocycles. The first-order chi connectivity index (χ1) is 19.6. The minimum absolute atomic E-state index is 0.00328. The number of fused-ring (bicyclic) bond motifs is 1. The molecular formula is C22H26N10O7S3. The van der Waals surface area contributed by atoms with Crippen LogP contribution in [0.2, 0.25) is 0 Å². The number of aliphatic carboxylic acids is 2.